The lowest BCUT2D eigenvalue weighted by Gasteiger charge is -2.35. The topological polar surface area (TPSA) is 132 Å². The van der Waals surface area contributed by atoms with Crippen molar-refractivity contribution in [2.75, 3.05) is 20.8 Å². The summed E-state index contributed by atoms with van der Waals surface area (Å²) in [6.07, 6.45) is -12.9. The van der Waals surface area contributed by atoms with E-state index in [1.807, 2.05) is 0 Å². The number of imidazole rings is 1. The van der Waals surface area contributed by atoms with Crippen LogP contribution >= 0.6 is 11.6 Å². The lowest BCUT2D eigenvalue weighted by Crippen LogP contribution is -2.54. The van der Waals surface area contributed by atoms with Crippen molar-refractivity contribution in [1.29, 1.82) is 0 Å². The second-order valence-electron chi connectivity index (χ2n) is 12.0. The van der Waals surface area contributed by atoms with Gasteiger partial charge in [0.1, 0.15) is 17.5 Å². The Morgan fingerprint density at radius 1 is 0.800 bits per heavy atom. The standard InChI is InChI=1S/C37H30ClF6N3O8/c1-22-12-10-19-28-29(22)45-31(26-17-11-18-27(38)30(26)47(50)51)46(28)20-25(55-33(49)35(53-3,37(42,43)44)24-15-8-5-9-16-24)21-54-32(48)34(52-2,36(39,40)41)23-13-6-4-7-14-23/h4-19,25H,20-21H2,1-3H3/t25?,34-,35-/m1/s1. The fraction of sp³-hybridized carbons (Fsp3) is 0.270. The van der Waals surface area contributed by atoms with E-state index in [9.17, 15) is 46.0 Å². The number of halogens is 7. The lowest BCUT2D eigenvalue weighted by molar-refractivity contribution is -0.384. The van der Waals surface area contributed by atoms with E-state index in [4.69, 9.17) is 30.5 Å². The SMILES string of the molecule is CO[C@@](C(=O)OCC(Cn1c(-c2cccc(Cl)c2[N+](=O)[O-])nc2c(C)cccc21)OC(=O)[C@](OC)(c1ccccc1)C(F)(F)F)(c1ccccc1)C(F)(F)F. The van der Waals surface area contributed by atoms with Crippen molar-refractivity contribution in [2.45, 2.75) is 43.1 Å². The van der Waals surface area contributed by atoms with Crippen molar-refractivity contribution < 1.29 is 59.8 Å². The summed E-state index contributed by atoms with van der Waals surface area (Å²) in [7, 11) is 1.22. The number of methoxy groups -OCH3 is 2. The number of hydrogen-bond acceptors (Lipinski definition) is 9. The maximum atomic E-state index is 14.9. The van der Waals surface area contributed by atoms with Crippen LogP contribution in [0.25, 0.3) is 22.4 Å². The fourth-order valence-corrected chi connectivity index (χ4v) is 6.41. The van der Waals surface area contributed by atoms with E-state index in [1.165, 1.54) is 65.2 Å². The minimum atomic E-state index is -5.47. The normalized spacial score (nSPS) is 14.8. The molecule has 5 rings (SSSR count). The number of nitro benzene ring substituents is 1. The number of nitro groups is 1. The van der Waals surface area contributed by atoms with Gasteiger partial charge in [-0.15, -0.1) is 0 Å². The third-order valence-electron chi connectivity index (χ3n) is 8.80. The van der Waals surface area contributed by atoms with Gasteiger partial charge in [-0.3, -0.25) is 10.1 Å². The van der Waals surface area contributed by atoms with Gasteiger partial charge in [0.25, 0.3) is 16.9 Å². The number of aromatic nitrogens is 2. The van der Waals surface area contributed by atoms with Gasteiger partial charge in [-0.25, -0.2) is 14.6 Å². The number of carbonyl (C=O) groups excluding carboxylic acids is 2. The summed E-state index contributed by atoms with van der Waals surface area (Å²) in [5.41, 5.74) is -8.65. The van der Waals surface area contributed by atoms with Gasteiger partial charge in [-0.05, 0) is 30.7 Å². The summed E-state index contributed by atoms with van der Waals surface area (Å²) in [5.74, 6) is -4.29. The number of benzene rings is 4. The number of aryl methyl sites for hydroxylation is 1. The third-order valence-corrected chi connectivity index (χ3v) is 9.10. The Balaban J connectivity index is 1.68. The molecule has 0 amide bonds. The van der Waals surface area contributed by atoms with Crippen LogP contribution in [0.15, 0.2) is 97.1 Å². The predicted octanol–water partition coefficient (Wildman–Crippen LogP) is 8.24. The first-order valence-corrected chi connectivity index (χ1v) is 16.4. The largest absolute Gasteiger partial charge is 0.459 e. The number of nitrogens with zero attached hydrogens (tertiary/aromatic N) is 3. The van der Waals surface area contributed by atoms with E-state index in [2.05, 4.69) is 4.98 Å². The molecular weight excluding hydrogens is 764 g/mol. The monoisotopic (exact) mass is 793 g/mol. The molecule has 290 valence electrons. The van der Waals surface area contributed by atoms with Gasteiger partial charge in [0.15, 0.2) is 6.10 Å². The molecule has 5 aromatic rings. The van der Waals surface area contributed by atoms with Gasteiger partial charge in [-0.1, -0.05) is 90.5 Å². The zero-order chi connectivity index (χ0) is 40.3. The predicted molar refractivity (Wildman–Crippen MR) is 185 cm³/mol. The van der Waals surface area contributed by atoms with Crippen LogP contribution in [-0.4, -0.2) is 65.7 Å². The van der Waals surface area contributed by atoms with Crippen LogP contribution in [0.4, 0.5) is 32.0 Å². The van der Waals surface area contributed by atoms with Crippen molar-refractivity contribution in [3.63, 3.8) is 0 Å². The average Bonchev–Trinajstić information content (AvgIpc) is 3.50. The first-order valence-electron chi connectivity index (χ1n) is 16.1. The highest BCUT2D eigenvalue weighted by Crippen LogP contribution is 2.45. The molecule has 0 saturated heterocycles. The van der Waals surface area contributed by atoms with Gasteiger partial charge >= 0.3 is 24.3 Å². The Morgan fingerprint density at radius 2 is 1.33 bits per heavy atom. The van der Waals surface area contributed by atoms with Crippen molar-refractivity contribution >= 4 is 40.3 Å². The smallest absolute Gasteiger partial charge is 0.432 e. The second-order valence-corrected chi connectivity index (χ2v) is 12.4. The number of rotatable bonds is 13. The summed E-state index contributed by atoms with van der Waals surface area (Å²) in [5, 5.41) is 11.9. The quantitative estimate of drug-likeness (QED) is 0.0501. The number of carbonyl (C=O) groups is 2. The molecule has 1 aromatic heterocycles. The van der Waals surface area contributed by atoms with Gasteiger partial charge < -0.3 is 23.5 Å². The molecule has 4 aromatic carbocycles. The Bertz CT molecular complexity index is 2200. The van der Waals surface area contributed by atoms with Crippen LogP contribution in [0.5, 0.6) is 0 Å². The molecule has 1 unspecified atom stereocenters. The molecule has 0 saturated carbocycles. The number of alkyl halides is 6. The molecule has 0 spiro atoms. The maximum Gasteiger partial charge on any atom is 0.432 e. The minimum Gasteiger partial charge on any atom is -0.459 e. The molecule has 0 aliphatic carbocycles. The summed E-state index contributed by atoms with van der Waals surface area (Å²) in [4.78, 5) is 43.4. The van der Waals surface area contributed by atoms with Crippen molar-refractivity contribution in [1.82, 2.24) is 9.55 Å². The van der Waals surface area contributed by atoms with Crippen LogP contribution in [0.1, 0.15) is 16.7 Å². The van der Waals surface area contributed by atoms with E-state index >= 15 is 0 Å². The fourth-order valence-electron chi connectivity index (χ4n) is 6.17. The van der Waals surface area contributed by atoms with E-state index in [0.717, 1.165) is 24.3 Å². The molecule has 0 fully saturated rings. The van der Waals surface area contributed by atoms with Gasteiger partial charge in [-0.2, -0.15) is 26.3 Å². The Morgan fingerprint density at radius 3 is 1.84 bits per heavy atom. The van der Waals surface area contributed by atoms with Crippen molar-refractivity contribution in [3.8, 4) is 11.4 Å². The molecule has 0 aliphatic rings. The molecule has 18 heteroatoms. The number of para-hydroxylation sites is 2. The molecule has 0 bridgehead atoms. The van der Waals surface area contributed by atoms with E-state index in [1.54, 1.807) is 19.1 Å². The molecule has 0 radical (unpaired) electrons. The minimum absolute atomic E-state index is 0.166. The molecule has 1 heterocycles. The number of esters is 2. The van der Waals surface area contributed by atoms with E-state index in [-0.39, 0.29) is 27.4 Å². The summed E-state index contributed by atoms with van der Waals surface area (Å²) < 4.78 is 110. The third kappa shape index (κ3) is 7.34. The Hall–Kier alpha value is -5.52. The molecule has 55 heavy (non-hydrogen) atoms. The van der Waals surface area contributed by atoms with Crippen molar-refractivity contribution in [2.24, 2.45) is 0 Å². The number of ether oxygens (including phenoxy) is 4. The van der Waals surface area contributed by atoms with Crippen LogP contribution in [0, 0.1) is 17.0 Å². The lowest BCUT2D eigenvalue weighted by atomic mass is 9.92. The highest BCUT2D eigenvalue weighted by atomic mass is 35.5. The van der Waals surface area contributed by atoms with Crippen LogP contribution in [0.2, 0.25) is 5.02 Å². The highest BCUT2D eigenvalue weighted by Gasteiger charge is 2.65. The average molecular weight is 794 g/mol. The first-order chi connectivity index (χ1) is 25.9. The summed E-state index contributed by atoms with van der Waals surface area (Å²) in [6.45, 7) is -0.411. The highest BCUT2D eigenvalue weighted by molar-refractivity contribution is 6.33. The van der Waals surface area contributed by atoms with Crippen molar-refractivity contribution in [3.05, 3.63) is 129 Å². The maximum absolute atomic E-state index is 14.9. The zero-order valence-electron chi connectivity index (χ0n) is 29.0. The van der Waals surface area contributed by atoms with Crippen LogP contribution < -0.4 is 0 Å². The van der Waals surface area contributed by atoms with Crippen LogP contribution in [-0.2, 0) is 46.3 Å². The molecule has 0 aliphatic heterocycles. The summed E-state index contributed by atoms with van der Waals surface area (Å²) >= 11 is 6.20. The molecule has 3 atom stereocenters. The molecule has 0 N–H and O–H groups in total. The first kappa shape index (κ1) is 40.7. The Kier molecular flexibility index (Phi) is 11.6. The molecular formula is C37H30ClF6N3O8. The Labute approximate surface area is 313 Å². The number of fused-ring (bicyclic) bond motifs is 1. The zero-order valence-corrected chi connectivity index (χ0v) is 29.7. The number of hydrogen-bond donors (Lipinski definition) is 0. The van der Waals surface area contributed by atoms with E-state index in [0.29, 0.717) is 19.8 Å². The van der Waals surface area contributed by atoms with E-state index < -0.39 is 76.5 Å². The van der Waals surface area contributed by atoms with Gasteiger partial charge in [0.2, 0.25) is 0 Å². The van der Waals surface area contributed by atoms with Crippen LogP contribution in [0.3, 0.4) is 0 Å². The van der Waals surface area contributed by atoms with Gasteiger partial charge in [0.05, 0.1) is 28.1 Å². The molecule has 11 nitrogen and oxygen atoms in total. The van der Waals surface area contributed by atoms with Gasteiger partial charge in [0, 0.05) is 25.3 Å². The summed E-state index contributed by atoms with van der Waals surface area (Å²) in [6, 6.07) is 20.0. The second kappa shape index (κ2) is 15.7.